The Kier molecular flexibility index (Phi) is 4.49. The molecule has 2 rings (SSSR count). The van der Waals surface area contributed by atoms with Gasteiger partial charge in [0.25, 0.3) is 5.91 Å². The highest BCUT2D eigenvalue weighted by molar-refractivity contribution is 9.13. The smallest absolute Gasteiger partial charge is 0.265 e. The first kappa shape index (κ1) is 14.4. The molecule has 4 nitrogen and oxygen atoms in total. The van der Waals surface area contributed by atoms with Gasteiger partial charge in [-0.15, -0.1) is 11.3 Å². The first-order valence-electron chi connectivity index (χ1n) is 5.21. The first-order chi connectivity index (χ1) is 9.01. The fraction of sp³-hybridized carbons (Fsp3) is 0.0833. The molecule has 0 bridgehead atoms. The zero-order valence-electron chi connectivity index (χ0n) is 9.87. The van der Waals surface area contributed by atoms with Crippen LogP contribution in [0.3, 0.4) is 0 Å². The molecular formula is C12H10Br2N2O2S. The average Bonchev–Trinajstić information content (AvgIpc) is 2.72. The molecule has 0 fully saturated rings. The van der Waals surface area contributed by atoms with Crippen molar-refractivity contribution >= 4 is 60.5 Å². The number of hydrogen-bond donors (Lipinski definition) is 2. The minimum absolute atomic E-state index is 0.178. The second-order valence-electron chi connectivity index (χ2n) is 3.64. The van der Waals surface area contributed by atoms with E-state index in [9.17, 15) is 4.79 Å². The minimum Gasteiger partial charge on any atom is -0.495 e. The summed E-state index contributed by atoms with van der Waals surface area (Å²) in [6.45, 7) is 0. The molecular weight excluding hydrogens is 396 g/mol. The topological polar surface area (TPSA) is 64.3 Å². The summed E-state index contributed by atoms with van der Waals surface area (Å²) in [5, 5.41) is 2.79. The molecule has 3 N–H and O–H groups in total. The van der Waals surface area contributed by atoms with E-state index < -0.39 is 0 Å². The van der Waals surface area contributed by atoms with Crippen LogP contribution in [-0.2, 0) is 0 Å². The molecule has 1 heterocycles. The minimum atomic E-state index is -0.178. The molecule has 0 unspecified atom stereocenters. The summed E-state index contributed by atoms with van der Waals surface area (Å²) in [4.78, 5) is 12.7. The maximum absolute atomic E-state index is 12.0. The third-order valence-electron chi connectivity index (χ3n) is 2.36. The van der Waals surface area contributed by atoms with Gasteiger partial charge in [0.2, 0.25) is 0 Å². The largest absolute Gasteiger partial charge is 0.495 e. The predicted octanol–water partition coefficient (Wildman–Crippen LogP) is 4.12. The number of amides is 1. The van der Waals surface area contributed by atoms with Gasteiger partial charge in [0, 0.05) is 16.2 Å². The number of nitrogens with two attached hydrogens (primary N) is 1. The number of anilines is 2. The molecule has 0 aliphatic heterocycles. The average molecular weight is 406 g/mol. The first-order valence-corrected chi connectivity index (χ1v) is 7.61. The van der Waals surface area contributed by atoms with Gasteiger partial charge in [0.1, 0.15) is 5.75 Å². The van der Waals surface area contributed by atoms with Gasteiger partial charge in [-0.3, -0.25) is 4.79 Å². The van der Waals surface area contributed by atoms with Crippen LogP contribution in [0.2, 0.25) is 0 Å². The van der Waals surface area contributed by atoms with Crippen LogP contribution in [0.4, 0.5) is 11.4 Å². The van der Waals surface area contributed by atoms with Gasteiger partial charge in [-0.05, 0) is 50.1 Å². The van der Waals surface area contributed by atoms with Gasteiger partial charge in [-0.25, -0.2) is 0 Å². The molecule has 19 heavy (non-hydrogen) atoms. The Morgan fingerprint density at radius 1 is 1.37 bits per heavy atom. The number of hydrogen-bond acceptors (Lipinski definition) is 4. The van der Waals surface area contributed by atoms with Crippen LogP contribution in [0, 0.1) is 0 Å². The van der Waals surface area contributed by atoms with Crippen molar-refractivity contribution in [1.29, 1.82) is 0 Å². The van der Waals surface area contributed by atoms with Crippen LogP contribution in [0.5, 0.6) is 5.75 Å². The predicted molar refractivity (Wildman–Crippen MR) is 85.1 cm³/mol. The molecule has 0 spiro atoms. The third kappa shape index (κ3) is 3.29. The summed E-state index contributed by atoms with van der Waals surface area (Å²) >= 11 is 8.06. The zero-order valence-corrected chi connectivity index (χ0v) is 13.9. The number of nitrogens with one attached hydrogen (secondary N) is 1. The summed E-state index contributed by atoms with van der Waals surface area (Å²) in [6.07, 6.45) is 0. The number of nitrogen functional groups attached to an aromatic ring is 1. The van der Waals surface area contributed by atoms with Gasteiger partial charge in [-0.1, -0.05) is 0 Å². The van der Waals surface area contributed by atoms with Crippen molar-refractivity contribution in [2.24, 2.45) is 0 Å². The fourth-order valence-electron chi connectivity index (χ4n) is 1.44. The number of ether oxygens (including phenoxy) is 1. The Morgan fingerprint density at radius 2 is 2.11 bits per heavy atom. The third-order valence-corrected chi connectivity index (χ3v) is 5.62. The molecule has 0 aliphatic rings. The van der Waals surface area contributed by atoms with Gasteiger partial charge in [0.05, 0.1) is 21.5 Å². The van der Waals surface area contributed by atoms with Gasteiger partial charge in [-0.2, -0.15) is 0 Å². The monoisotopic (exact) mass is 404 g/mol. The van der Waals surface area contributed by atoms with E-state index in [1.165, 1.54) is 18.4 Å². The van der Waals surface area contributed by atoms with E-state index >= 15 is 0 Å². The number of thiophene rings is 1. The van der Waals surface area contributed by atoms with Crippen molar-refractivity contribution < 1.29 is 9.53 Å². The van der Waals surface area contributed by atoms with Crippen molar-refractivity contribution in [3.63, 3.8) is 0 Å². The van der Waals surface area contributed by atoms with Gasteiger partial charge in [0.15, 0.2) is 0 Å². The number of rotatable bonds is 3. The fourth-order valence-corrected chi connectivity index (χ4v) is 3.37. The Labute approximate surface area is 131 Å². The van der Waals surface area contributed by atoms with Crippen molar-refractivity contribution in [2.45, 2.75) is 0 Å². The molecule has 100 valence electrons. The summed E-state index contributed by atoms with van der Waals surface area (Å²) in [5.74, 6) is 0.356. The Hall–Kier alpha value is -1.05. The van der Waals surface area contributed by atoms with Crippen LogP contribution >= 0.6 is 43.2 Å². The molecule has 0 radical (unpaired) electrons. The van der Waals surface area contributed by atoms with Gasteiger partial charge >= 0.3 is 0 Å². The second kappa shape index (κ2) is 5.94. The lowest BCUT2D eigenvalue weighted by atomic mass is 10.2. The van der Waals surface area contributed by atoms with E-state index in [1.807, 2.05) is 0 Å². The number of carbonyl (C=O) groups excluding carboxylic acids is 1. The lowest BCUT2D eigenvalue weighted by Gasteiger charge is -2.08. The number of benzene rings is 1. The molecule has 7 heteroatoms. The maximum Gasteiger partial charge on any atom is 0.265 e. The SMILES string of the molecule is COc1cc(NC(=O)c2cc(Br)c(Br)s2)ccc1N. The van der Waals surface area contributed by atoms with E-state index in [4.69, 9.17) is 10.5 Å². The zero-order chi connectivity index (χ0) is 14.0. The number of halogens is 2. The summed E-state index contributed by atoms with van der Waals surface area (Å²) in [5.41, 5.74) is 6.88. The van der Waals surface area contributed by atoms with Crippen LogP contribution in [0.25, 0.3) is 0 Å². The molecule has 1 aromatic carbocycles. The summed E-state index contributed by atoms with van der Waals surface area (Å²) < 4.78 is 6.85. The normalized spacial score (nSPS) is 10.3. The molecule has 0 aliphatic carbocycles. The quantitative estimate of drug-likeness (QED) is 0.755. The molecule has 1 aromatic heterocycles. The van der Waals surface area contributed by atoms with Crippen LogP contribution in [0.1, 0.15) is 9.67 Å². The molecule has 0 atom stereocenters. The van der Waals surface area contributed by atoms with Crippen molar-refractivity contribution in [2.75, 3.05) is 18.2 Å². The lowest BCUT2D eigenvalue weighted by Crippen LogP contribution is -2.10. The van der Waals surface area contributed by atoms with Gasteiger partial charge < -0.3 is 15.8 Å². The molecule has 2 aromatic rings. The Morgan fingerprint density at radius 3 is 2.68 bits per heavy atom. The highest BCUT2D eigenvalue weighted by atomic mass is 79.9. The highest BCUT2D eigenvalue weighted by Crippen LogP contribution is 2.33. The number of carbonyl (C=O) groups is 1. The Balaban J connectivity index is 2.19. The maximum atomic E-state index is 12.0. The highest BCUT2D eigenvalue weighted by Gasteiger charge is 2.12. The van der Waals surface area contributed by atoms with E-state index in [-0.39, 0.29) is 5.91 Å². The second-order valence-corrected chi connectivity index (χ2v) is 6.87. The van der Waals surface area contributed by atoms with E-state index in [0.29, 0.717) is 22.0 Å². The standard InChI is InChI=1S/C12H10Br2N2O2S/c1-18-9-4-6(2-3-8(9)15)16-12(17)10-5-7(13)11(14)19-10/h2-5H,15H2,1H3,(H,16,17). The van der Waals surface area contributed by atoms with E-state index in [2.05, 4.69) is 37.2 Å². The van der Waals surface area contributed by atoms with E-state index in [1.54, 1.807) is 24.3 Å². The summed E-state index contributed by atoms with van der Waals surface area (Å²) in [6, 6.07) is 6.87. The molecule has 0 saturated carbocycles. The van der Waals surface area contributed by atoms with Crippen molar-refractivity contribution in [3.8, 4) is 5.75 Å². The Bertz CT molecular complexity index is 609. The molecule has 0 saturated heterocycles. The molecule has 1 amide bonds. The van der Waals surface area contributed by atoms with E-state index in [0.717, 1.165) is 8.26 Å². The van der Waals surface area contributed by atoms with Crippen molar-refractivity contribution in [3.05, 3.63) is 37.4 Å². The number of methoxy groups -OCH3 is 1. The van der Waals surface area contributed by atoms with Crippen molar-refractivity contribution in [1.82, 2.24) is 0 Å². The lowest BCUT2D eigenvalue weighted by molar-refractivity contribution is 0.103. The van der Waals surface area contributed by atoms with Crippen LogP contribution in [-0.4, -0.2) is 13.0 Å². The summed E-state index contributed by atoms with van der Waals surface area (Å²) in [7, 11) is 1.53. The van der Waals surface area contributed by atoms with Crippen LogP contribution < -0.4 is 15.8 Å². The van der Waals surface area contributed by atoms with Crippen LogP contribution in [0.15, 0.2) is 32.5 Å².